The molecule has 0 bridgehead atoms. The molecule has 5 nitrogen and oxygen atoms in total. The van der Waals surface area contributed by atoms with Gasteiger partial charge in [0.15, 0.2) is 16.8 Å². The van der Waals surface area contributed by atoms with Crippen LogP contribution < -0.4 is 4.90 Å². The van der Waals surface area contributed by atoms with Crippen LogP contribution in [0.25, 0.3) is 16.9 Å². The second kappa shape index (κ2) is 9.64. The Kier molecular flexibility index (Phi) is 6.59. The average molecular weight is 500 g/mol. The van der Waals surface area contributed by atoms with Gasteiger partial charge in [-0.25, -0.2) is 18.7 Å². The molecule has 0 aliphatic carbocycles. The van der Waals surface area contributed by atoms with E-state index in [9.17, 15) is 8.78 Å². The monoisotopic (exact) mass is 499 g/mol. The minimum atomic E-state index is -0.869. The van der Waals surface area contributed by atoms with Crippen LogP contribution in [0.5, 0.6) is 0 Å². The van der Waals surface area contributed by atoms with Crippen LogP contribution in [0.15, 0.2) is 41.9 Å². The van der Waals surface area contributed by atoms with E-state index in [-0.39, 0.29) is 0 Å². The number of fused-ring (bicyclic) bond motifs is 1. The number of hydrogen-bond donors (Lipinski definition) is 0. The molecule has 34 heavy (non-hydrogen) atoms. The van der Waals surface area contributed by atoms with Gasteiger partial charge in [0.25, 0.3) is 0 Å². The number of imidazole rings is 1. The molecule has 0 radical (unpaired) electrons. The van der Waals surface area contributed by atoms with Gasteiger partial charge in [-0.3, -0.25) is 8.71 Å². The fourth-order valence-electron chi connectivity index (χ4n) is 4.60. The first-order valence-electron chi connectivity index (χ1n) is 11.4. The normalized spacial score (nSPS) is 15.3. The number of nitrogens with zero attached hydrogens (tertiary/aromatic N) is 5. The third-order valence-corrected chi connectivity index (χ3v) is 8.31. The number of anilines is 2. The third-order valence-electron chi connectivity index (χ3n) is 6.52. The molecule has 0 spiro atoms. The van der Waals surface area contributed by atoms with Gasteiger partial charge < -0.3 is 4.90 Å². The van der Waals surface area contributed by atoms with Gasteiger partial charge >= 0.3 is 0 Å². The van der Waals surface area contributed by atoms with E-state index < -0.39 is 11.6 Å². The standard InChI is InChI=1S/C25H27F2N5S2/c1-4-21-24(30(2)25-29-22(15-34-25)17-5-7-19(26)20(27)13-17)32-14-18(6-8-23(32)28-21)16-9-11-31(33-3)12-10-16/h5-8,13-16H,4,9-12H2,1-3H3. The number of benzene rings is 1. The van der Waals surface area contributed by atoms with Crippen LogP contribution in [0.2, 0.25) is 0 Å². The summed E-state index contributed by atoms with van der Waals surface area (Å²) in [5, 5.41) is 2.65. The number of pyridine rings is 1. The molecule has 178 valence electrons. The largest absolute Gasteiger partial charge is 0.305 e. The van der Waals surface area contributed by atoms with E-state index in [1.807, 2.05) is 29.3 Å². The van der Waals surface area contributed by atoms with Crippen LogP contribution in [-0.4, -0.2) is 45.1 Å². The Bertz CT molecular complexity index is 1310. The van der Waals surface area contributed by atoms with Crippen LogP contribution in [0, 0.1) is 11.6 Å². The molecule has 3 aromatic heterocycles. The Hall–Kier alpha value is -2.49. The quantitative estimate of drug-likeness (QED) is 0.282. The van der Waals surface area contributed by atoms with Crippen molar-refractivity contribution in [1.29, 1.82) is 0 Å². The molecular formula is C25H27F2N5S2. The van der Waals surface area contributed by atoms with E-state index in [4.69, 9.17) is 9.97 Å². The summed E-state index contributed by atoms with van der Waals surface area (Å²) in [4.78, 5) is 11.6. The zero-order chi connectivity index (χ0) is 23.8. The topological polar surface area (TPSA) is 36.7 Å². The number of aryl methyl sites for hydroxylation is 1. The summed E-state index contributed by atoms with van der Waals surface area (Å²) < 4.78 is 31.7. The fraction of sp³-hybridized carbons (Fsp3) is 0.360. The van der Waals surface area contributed by atoms with Crippen molar-refractivity contribution >= 4 is 39.9 Å². The maximum absolute atomic E-state index is 13.7. The maximum Gasteiger partial charge on any atom is 0.191 e. The lowest BCUT2D eigenvalue weighted by Gasteiger charge is -2.30. The second-order valence-electron chi connectivity index (χ2n) is 8.52. The van der Waals surface area contributed by atoms with Crippen molar-refractivity contribution < 1.29 is 8.78 Å². The summed E-state index contributed by atoms with van der Waals surface area (Å²) >= 11 is 3.30. The van der Waals surface area contributed by atoms with E-state index in [0.717, 1.165) is 60.7 Å². The molecule has 0 amide bonds. The van der Waals surface area contributed by atoms with Gasteiger partial charge in [-0.15, -0.1) is 11.3 Å². The first kappa shape index (κ1) is 23.3. The van der Waals surface area contributed by atoms with E-state index in [0.29, 0.717) is 17.2 Å². The van der Waals surface area contributed by atoms with Crippen molar-refractivity contribution in [3.8, 4) is 11.3 Å². The van der Waals surface area contributed by atoms with Crippen LogP contribution in [-0.2, 0) is 6.42 Å². The van der Waals surface area contributed by atoms with Gasteiger partial charge in [-0.2, -0.15) is 0 Å². The Labute approximate surface area is 206 Å². The number of halogens is 2. The van der Waals surface area contributed by atoms with E-state index in [1.165, 1.54) is 23.0 Å². The molecule has 1 aliphatic heterocycles. The second-order valence-corrected chi connectivity index (χ2v) is 10.2. The summed E-state index contributed by atoms with van der Waals surface area (Å²) in [6, 6.07) is 8.21. The average Bonchev–Trinajstić information content (AvgIpc) is 3.50. The van der Waals surface area contributed by atoms with E-state index >= 15 is 0 Å². The van der Waals surface area contributed by atoms with Crippen molar-refractivity contribution in [3.05, 3.63) is 64.8 Å². The first-order valence-corrected chi connectivity index (χ1v) is 13.5. The van der Waals surface area contributed by atoms with Crippen LogP contribution in [0.4, 0.5) is 19.7 Å². The molecule has 0 unspecified atom stereocenters. The van der Waals surface area contributed by atoms with Crippen molar-refractivity contribution in [2.75, 3.05) is 31.3 Å². The highest BCUT2D eigenvalue weighted by Crippen LogP contribution is 2.36. The lowest BCUT2D eigenvalue weighted by molar-refractivity contribution is 0.346. The number of piperidine rings is 1. The van der Waals surface area contributed by atoms with Gasteiger partial charge in [-0.1, -0.05) is 24.9 Å². The number of hydrogen-bond acceptors (Lipinski definition) is 6. The number of aromatic nitrogens is 3. The van der Waals surface area contributed by atoms with Crippen molar-refractivity contribution in [2.45, 2.75) is 32.1 Å². The molecule has 0 atom stereocenters. The molecular weight excluding hydrogens is 472 g/mol. The van der Waals surface area contributed by atoms with Crippen molar-refractivity contribution in [1.82, 2.24) is 18.7 Å². The molecule has 4 heterocycles. The maximum atomic E-state index is 13.7. The Morgan fingerprint density at radius 1 is 1.12 bits per heavy atom. The molecule has 1 aliphatic rings. The van der Waals surface area contributed by atoms with Gasteiger partial charge in [0.1, 0.15) is 11.5 Å². The molecule has 0 N–H and O–H groups in total. The lowest BCUT2D eigenvalue weighted by Crippen LogP contribution is -2.27. The third kappa shape index (κ3) is 4.32. The van der Waals surface area contributed by atoms with Crippen LogP contribution in [0.3, 0.4) is 0 Å². The number of thiazole rings is 1. The molecule has 1 saturated heterocycles. The fourth-order valence-corrected chi connectivity index (χ4v) is 5.98. The molecule has 1 fully saturated rings. The summed E-state index contributed by atoms with van der Waals surface area (Å²) in [6.45, 7) is 4.31. The highest BCUT2D eigenvalue weighted by atomic mass is 32.2. The summed E-state index contributed by atoms with van der Waals surface area (Å²) in [5.41, 5.74) is 4.44. The summed E-state index contributed by atoms with van der Waals surface area (Å²) in [5.74, 6) is -0.193. The van der Waals surface area contributed by atoms with Crippen LogP contribution in [0.1, 0.15) is 36.9 Å². The van der Waals surface area contributed by atoms with Gasteiger partial charge in [-0.05, 0) is 61.3 Å². The smallest absolute Gasteiger partial charge is 0.191 e. The zero-order valence-corrected chi connectivity index (χ0v) is 21.1. The minimum absolute atomic E-state index is 0.540. The van der Waals surface area contributed by atoms with Crippen LogP contribution >= 0.6 is 23.3 Å². The Morgan fingerprint density at radius 3 is 2.62 bits per heavy atom. The lowest BCUT2D eigenvalue weighted by atomic mass is 9.91. The molecule has 1 aromatic carbocycles. The Balaban J connectivity index is 1.48. The number of rotatable bonds is 6. The predicted molar refractivity (Wildman–Crippen MR) is 137 cm³/mol. The molecule has 0 saturated carbocycles. The zero-order valence-electron chi connectivity index (χ0n) is 19.5. The van der Waals surface area contributed by atoms with Gasteiger partial charge in [0.05, 0.1) is 11.4 Å². The summed E-state index contributed by atoms with van der Waals surface area (Å²) in [6.07, 6.45) is 7.47. The van der Waals surface area contributed by atoms with Gasteiger partial charge in [0, 0.05) is 37.3 Å². The minimum Gasteiger partial charge on any atom is -0.305 e. The highest BCUT2D eigenvalue weighted by Gasteiger charge is 2.23. The summed E-state index contributed by atoms with van der Waals surface area (Å²) in [7, 11) is 1.99. The molecule has 4 aromatic rings. The Morgan fingerprint density at radius 2 is 1.91 bits per heavy atom. The van der Waals surface area contributed by atoms with Crippen molar-refractivity contribution in [2.24, 2.45) is 0 Å². The first-order chi connectivity index (χ1) is 16.5. The molecule has 5 rings (SSSR count). The van der Waals surface area contributed by atoms with E-state index in [2.05, 4.69) is 40.2 Å². The van der Waals surface area contributed by atoms with Gasteiger partial charge in [0.2, 0.25) is 0 Å². The highest BCUT2D eigenvalue weighted by molar-refractivity contribution is 7.96. The van der Waals surface area contributed by atoms with Crippen molar-refractivity contribution in [3.63, 3.8) is 0 Å². The van der Waals surface area contributed by atoms with E-state index in [1.54, 1.807) is 6.07 Å². The molecule has 9 heteroatoms. The SMILES string of the molecule is CCc1nc2ccc(C3CCN(SC)CC3)cn2c1N(C)c1nc(-c2ccc(F)c(F)c2)cs1. The predicted octanol–water partition coefficient (Wildman–Crippen LogP) is 6.52.